The lowest BCUT2D eigenvalue weighted by Crippen LogP contribution is -2.30. The van der Waals surface area contributed by atoms with E-state index in [9.17, 15) is 9.59 Å². The van der Waals surface area contributed by atoms with E-state index in [1.165, 1.54) is 0 Å². The van der Waals surface area contributed by atoms with Gasteiger partial charge in [-0.2, -0.15) is 0 Å². The highest BCUT2D eigenvalue weighted by Gasteiger charge is 2.65. The van der Waals surface area contributed by atoms with Gasteiger partial charge in [-0.05, 0) is 24.0 Å². The van der Waals surface area contributed by atoms with Crippen molar-refractivity contribution in [2.24, 2.45) is 17.3 Å². The average molecular weight is 296 g/mol. The lowest BCUT2D eigenvalue weighted by atomic mass is 10.1. The van der Waals surface area contributed by atoms with Crippen molar-refractivity contribution in [1.82, 2.24) is 5.32 Å². The molecule has 1 amide bonds. The quantitative estimate of drug-likeness (QED) is 0.897. The molecule has 3 atom stereocenters. The van der Waals surface area contributed by atoms with Crippen LogP contribution in [0.3, 0.4) is 0 Å². The summed E-state index contributed by atoms with van der Waals surface area (Å²) in [4.78, 5) is 23.3. The first-order valence-corrected chi connectivity index (χ1v) is 6.92. The fourth-order valence-corrected chi connectivity index (χ4v) is 3.09. The molecule has 20 heavy (non-hydrogen) atoms. The maximum atomic E-state index is 12.2. The first-order chi connectivity index (χ1) is 9.26. The molecule has 0 aromatic heterocycles. The number of hydrogen-bond donors (Lipinski definition) is 2. The summed E-state index contributed by atoms with van der Waals surface area (Å²) in [6.45, 7) is 5.44. The van der Waals surface area contributed by atoms with Crippen molar-refractivity contribution in [2.45, 2.75) is 26.8 Å². The average Bonchev–Trinajstić information content (AvgIpc) is 2.93. The van der Waals surface area contributed by atoms with Gasteiger partial charge in [0, 0.05) is 5.02 Å². The monoisotopic (exact) mass is 295 g/mol. The van der Waals surface area contributed by atoms with Gasteiger partial charge in [0.2, 0.25) is 5.91 Å². The molecule has 0 unspecified atom stereocenters. The number of carbonyl (C=O) groups is 2. The van der Waals surface area contributed by atoms with E-state index in [4.69, 9.17) is 16.7 Å². The Labute approximate surface area is 123 Å². The molecule has 0 bridgehead atoms. The highest BCUT2D eigenvalue weighted by Crippen LogP contribution is 2.58. The van der Waals surface area contributed by atoms with Crippen LogP contribution in [-0.4, -0.2) is 17.0 Å². The van der Waals surface area contributed by atoms with Gasteiger partial charge in [-0.3, -0.25) is 9.59 Å². The SMILES string of the molecule is C[C@H](NC(=O)[C@H]1[C@@H](C(=O)O)C1(C)C)c1ccccc1Cl. The number of halogens is 1. The molecule has 0 heterocycles. The second kappa shape index (κ2) is 5.09. The third-order valence-electron chi connectivity index (χ3n) is 4.11. The van der Waals surface area contributed by atoms with Crippen LogP contribution < -0.4 is 5.32 Å². The number of benzene rings is 1. The molecule has 108 valence electrons. The predicted molar refractivity (Wildman–Crippen MR) is 76.4 cm³/mol. The molecular weight excluding hydrogens is 278 g/mol. The van der Waals surface area contributed by atoms with E-state index in [1.807, 2.05) is 25.1 Å². The predicted octanol–water partition coefficient (Wildman–Crippen LogP) is 2.87. The smallest absolute Gasteiger partial charge is 0.307 e. The van der Waals surface area contributed by atoms with Crippen molar-refractivity contribution >= 4 is 23.5 Å². The molecule has 5 heteroatoms. The first kappa shape index (κ1) is 14.9. The molecule has 4 nitrogen and oxygen atoms in total. The van der Waals surface area contributed by atoms with Crippen LogP contribution >= 0.6 is 11.6 Å². The Bertz CT molecular complexity index is 556. The third-order valence-corrected chi connectivity index (χ3v) is 4.45. The van der Waals surface area contributed by atoms with Gasteiger partial charge >= 0.3 is 5.97 Å². The topological polar surface area (TPSA) is 66.4 Å². The number of hydrogen-bond acceptors (Lipinski definition) is 2. The number of carboxylic acids is 1. The zero-order chi connectivity index (χ0) is 15.1. The summed E-state index contributed by atoms with van der Waals surface area (Å²) in [6, 6.07) is 7.04. The Kier molecular flexibility index (Phi) is 3.78. The zero-order valence-electron chi connectivity index (χ0n) is 11.7. The minimum atomic E-state index is -0.916. The molecule has 0 radical (unpaired) electrons. The summed E-state index contributed by atoms with van der Waals surface area (Å²) < 4.78 is 0. The second-order valence-corrected chi connectivity index (χ2v) is 6.27. The van der Waals surface area contributed by atoms with Gasteiger partial charge in [-0.15, -0.1) is 0 Å². The first-order valence-electron chi connectivity index (χ1n) is 6.54. The van der Waals surface area contributed by atoms with Crippen LogP contribution in [0.25, 0.3) is 0 Å². The maximum absolute atomic E-state index is 12.2. The fraction of sp³-hybridized carbons (Fsp3) is 0.467. The Morgan fingerprint density at radius 3 is 2.40 bits per heavy atom. The van der Waals surface area contributed by atoms with Gasteiger partial charge in [0.05, 0.1) is 17.9 Å². The van der Waals surface area contributed by atoms with E-state index in [0.29, 0.717) is 5.02 Å². The summed E-state index contributed by atoms with van der Waals surface area (Å²) in [7, 11) is 0. The van der Waals surface area contributed by atoms with E-state index in [0.717, 1.165) is 5.56 Å². The summed E-state index contributed by atoms with van der Waals surface area (Å²) >= 11 is 6.09. The number of rotatable bonds is 4. The molecule has 0 saturated heterocycles. The van der Waals surface area contributed by atoms with E-state index in [-0.39, 0.29) is 11.9 Å². The molecular formula is C15H18ClNO3. The number of amides is 1. The van der Waals surface area contributed by atoms with Crippen LogP contribution in [-0.2, 0) is 9.59 Å². The number of carboxylic acid groups (broad SMARTS) is 1. The van der Waals surface area contributed by atoms with Gasteiger partial charge in [0.15, 0.2) is 0 Å². The van der Waals surface area contributed by atoms with Gasteiger partial charge in [0.1, 0.15) is 0 Å². The molecule has 0 aliphatic heterocycles. The summed E-state index contributed by atoms with van der Waals surface area (Å²) in [6.07, 6.45) is 0. The van der Waals surface area contributed by atoms with E-state index < -0.39 is 23.2 Å². The van der Waals surface area contributed by atoms with Gasteiger partial charge < -0.3 is 10.4 Å². The Hall–Kier alpha value is -1.55. The minimum Gasteiger partial charge on any atom is -0.481 e. The number of nitrogens with one attached hydrogen (secondary N) is 1. The molecule has 1 aliphatic rings. The minimum absolute atomic E-state index is 0.227. The summed E-state index contributed by atoms with van der Waals surface area (Å²) in [5.74, 6) is -2.23. The maximum Gasteiger partial charge on any atom is 0.307 e. The van der Waals surface area contributed by atoms with E-state index in [2.05, 4.69) is 5.32 Å². The van der Waals surface area contributed by atoms with Crippen molar-refractivity contribution in [3.63, 3.8) is 0 Å². The number of carbonyl (C=O) groups excluding carboxylic acids is 1. The lowest BCUT2D eigenvalue weighted by molar-refractivity contribution is -0.140. The molecule has 1 saturated carbocycles. The van der Waals surface area contributed by atoms with Crippen LogP contribution in [0.5, 0.6) is 0 Å². The highest BCUT2D eigenvalue weighted by molar-refractivity contribution is 6.31. The van der Waals surface area contributed by atoms with Crippen LogP contribution in [0.4, 0.5) is 0 Å². The largest absolute Gasteiger partial charge is 0.481 e. The summed E-state index contributed by atoms with van der Waals surface area (Å²) in [5, 5.41) is 12.5. The Balaban J connectivity index is 2.07. The Morgan fingerprint density at radius 1 is 1.30 bits per heavy atom. The van der Waals surface area contributed by atoms with Gasteiger partial charge in [-0.25, -0.2) is 0 Å². The van der Waals surface area contributed by atoms with Gasteiger partial charge in [0.25, 0.3) is 0 Å². The molecule has 1 aliphatic carbocycles. The van der Waals surface area contributed by atoms with Gasteiger partial charge in [-0.1, -0.05) is 43.6 Å². The van der Waals surface area contributed by atoms with E-state index in [1.54, 1.807) is 19.9 Å². The third kappa shape index (κ3) is 2.52. The molecule has 1 fully saturated rings. The molecule has 1 aromatic rings. The fourth-order valence-electron chi connectivity index (χ4n) is 2.80. The van der Waals surface area contributed by atoms with Crippen molar-refractivity contribution in [3.8, 4) is 0 Å². The van der Waals surface area contributed by atoms with E-state index >= 15 is 0 Å². The lowest BCUT2D eigenvalue weighted by Gasteiger charge is -2.16. The molecule has 1 aromatic carbocycles. The molecule has 0 spiro atoms. The highest BCUT2D eigenvalue weighted by atomic mass is 35.5. The molecule has 2 rings (SSSR count). The summed E-state index contributed by atoms with van der Waals surface area (Å²) in [5.41, 5.74) is 0.337. The van der Waals surface area contributed by atoms with Crippen LogP contribution in [0, 0.1) is 17.3 Å². The van der Waals surface area contributed by atoms with Crippen molar-refractivity contribution in [1.29, 1.82) is 0 Å². The Morgan fingerprint density at radius 2 is 1.90 bits per heavy atom. The number of aliphatic carboxylic acids is 1. The van der Waals surface area contributed by atoms with Crippen LogP contribution in [0.15, 0.2) is 24.3 Å². The second-order valence-electron chi connectivity index (χ2n) is 5.87. The zero-order valence-corrected chi connectivity index (χ0v) is 12.4. The van der Waals surface area contributed by atoms with Crippen LogP contribution in [0.1, 0.15) is 32.4 Å². The standard InChI is InChI=1S/C15H18ClNO3/c1-8(9-6-4-5-7-10(9)16)17-13(18)11-12(14(19)20)15(11,2)3/h4-8,11-12H,1-3H3,(H,17,18)(H,19,20)/t8-,11+,12-/m0/s1. The van der Waals surface area contributed by atoms with Crippen molar-refractivity contribution in [2.75, 3.05) is 0 Å². The van der Waals surface area contributed by atoms with Crippen molar-refractivity contribution < 1.29 is 14.7 Å². The molecule has 2 N–H and O–H groups in total. The van der Waals surface area contributed by atoms with Crippen LogP contribution in [0.2, 0.25) is 5.02 Å². The normalized spacial score (nSPS) is 24.8. The van der Waals surface area contributed by atoms with Crippen molar-refractivity contribution in [3.05, 3.63) is 34.9 Å².